The molecule has 0 aliphatic heterocycles. The van der Waals surface area contributed by atoms with Crippen molar-refractivity contribution < 1.29 is 9.53 Å². The zero-order chi connectivity index (χ0) is 12.4. The van der Waals surface area contributed by atoms with Crippen LogP contribution in [0.2, 0.25) is 5.02 Å². The molecule has 0 saturated carbocycles. The minimum atomic E-state index is 0.134. The lowest BCUT2D eigenvalue weighted by Crippen LogP contribution is -2.08. The molecular formula is C14H17ClO2. The van der Waals surface area contributed by atoms with E-state index in [9.17, 15) is 4.79 Å². The number of fused-ring (bicyclic) bond motifs is 1. The lowest BCUT2D eigenvalue weighted by atomic mass is 9.89. The van der Waals surface area contributed by atoms with Crippen molar-refractivity contribution in [3.8, 4) is 5.75 Å². The second-order valence-corrected chi connectivity index (χ2v) is 4.98. The summed E-state index contributed by atoms with van der Waals surface area (Å²) in [7, 11) is 1.61. The lowest BCUT2D eigenvalue weighted by molar-refractivity contribution is -0.116. The summed E-state index contributed by atoms with van der Waals surface area (Å²) in [6.45, 7) is 1.59. The van der Waals surface area contributed by atoms with Crippen LogP contribution in [0.1, 0.15) is 36.5 Å². The Morgan fingerprint density at radius 3 is 2.76 bits per heavy atom. The molecule has 0 aromatic heterocycles. The summed E-state index contributed by atoms with van der Waals surface area (Å²) in [6, 6.07) is 2.10. The Morgan fingerprint density at radius 2 is 2.12 bits per heavy atom. The molecule has 92 valence electrons. The van der Waals surface area contributed by atoms with Gasteiger partial charge in [-0.2, -0.15) is 0 Å². The predicted octanol–water partition coefficient (Wildman–Crippen LogP) is 3.36. The van der Waals surface area contributed by atoms with Crippen molar-refractivity contribution in [1.82, 2.24) is 0 Å². The van der Waals surface area contributed by atoms with Gasteiger partial charge < -0.3 is 4.74 Å². The van der Waals surface area contributed by atoms with E-state index in [-0.39, 0.29) is 5.78 Å². The Hall–Kier alpha value is -1.02. The predicted molar refractivity (Wildman–Crippen MR) is 69.0 cm³/mol. The maximum atomic E-state index is 11.3. The third-order valence-corrected chi connectivity index (χ3v) is 3.66. The van der Waals surface area contributed by atoms with Crippen LogP contribution in [0.4, 0.5) is 0 Å². The van der Waals surface area contributed by atoms with Gasteiger partial charge in [-0.25, -0.2) is 0 Å². The fourth-order valence-electron chi connectivity index (χ4n) is 2.51. The number of Topliss-reactive ketones (excluding diaryl/α,β-unsaturated/α-hetero) is 1. The third kappa shape index (κ3) is 2.47. The largest absolute Gasteiger partial charge is 0.495 e. The Bertz CT molecular complexity index is 452. The molecule has 1 aliphatic carbocycles. The zero-order valence-electron chi connectivity index (χ0n) is 10.3. The fraction of sp³-hybridized carbons (Fsp3) is 0.500. The molecule has 0 N–H and O–H groups in total. The lowest BCUT2D eigenvalue weighted by Gasteiger charge is -2.21. The molecule has 0 spiro atoms. The smallest absolute Gasteiger partial charge is 0.141 e. The number of carbonyl (C=O) groups excluding carboxylic acids is 1. The van der Waals surface area contributed by atoms with Crippen LogP contribution in [0.5, 0.6) is 5.75 Å². The molecule has 0 amide bonds. The average Bonchev–Trinajstić information content (AvgIpc) is 2.29. The van der Waals surface area contributed by atoms with E-state index in [0.717, 1.165) is 18.4 Å². The second-order valence-electron chi connectivity index (χ2n) is 4.61. The van der Waals surface area contributed by atoms with E-state index in [1.807, 2.05) is 0 Å². The molecule has 1 aliphatic rings. The van der Waals surface area contributed by atoms with Gasteiger partial charge in [-0.05, 0) is 43.7 Å². The van der Waals surface area contributed by atoms with Crippen LogP contribution in [0.15, 0.2) is 6.07 Å². The molecule has 0 radical (unpaired) electrons. The van der Waals surface area contributed by atoms with E-state index in [1.54, 1.807) is 14.0 Å². The number of methoxy groups -OCH3 is 1. The number of hydrogen-bond donors (Lipinski definition) is 0. The molecule has 2 nitrogen and oxygen atoms in total. The summed E-state index contributed by atoms with van der Waals surface area (Å²) >= 11 is 6.38. The Morgan fingerprint density at radius 1 is 1.41 bits per heavy atom. The summed E-state index contributed by atoms with van der Waals surface area (Å²) in [5.74, 6) is 0.817. The molecular weight excluding hydrogens is 236 g/mol. The van der Waals surface area contributed by atoms with Crippen molar-refractivity contribution in [2.24, 2.45) is 0 Å². The number of carbonyl (C=O) groups is 1. The molecule has 0 fully saturated rings. The molecule has 3 heteroatoms. The first kappa shape index (κ1) is 12.4. The van der Waals surface area contributed by atoms with E-state index < -0.39 is 0 Å². The van der Waals surface area contributed by atoms with E-state index in [4.69, 9.17) is 16.3 Å². The first-order valence-electron chi connectivity index (χ1n) is 6.00. The highest BCUT2D eigenvalue weighted by Gasteiger charge is 2.20. The van der Waals surface area contributed by atoms with Crippen LogP contribution in [0.3, 0.4) is 0 Å². The summed E-state index contributed by atoms with van der Waals surface area (Å²) in [6.07, 6.45) is 4.86. The van der Waals surface area contributed by atoms with Gasteiger partial charge in [0.2, 0.25) is 0 Å². The molecule has 0 atom stereocenters. The van der Waals surface area contributed by atoms with Crippen LogP contribution >= 0.6 is 11.6 Å². The average molecular weight is 253 g/mol. The van der Waals surface area contributed by atoms with Gasteiger partial charge in [0, 0.05) is 12.0 Å². The Balaban J connectivity index is 2.51. The molecule has 0 heterocycles. The number of aryl methyl sites for hydroxylation is 1. The van der Waals surface area contributed by atoms with Crippen molar-refractivity contribution in [2.45, 2.75) is 39.0 Å². The van der Waals surface area contributed by atoms with Gasteiger partial charge in [0.1, 0.15) is 11.5 Å². The number of hydrogen-bond acceptors (Lipinski definition) is 2. The van der Waals surface area contributed by atoms with E-state index >= 15 is 0 Å². The van der Waals surface area contributed by atoms with Crippen molar-refractivity contribution in [1.29, 1.82) is 0 Å². The number of ether oxygens (including phenoxy) is 1. The van der Waals surface area contributed by atoms with Gasteiger partial charge in [0.15, 0.2) is 0 Å². The van der Waals surface area contributed by atoms with Crippen LogP contribution in [-0.2, 0) is 24.1 Å². The van der Waals surface area contributed by atoms with Crippen LogP contribution in [0, 0.1) is 0 Å². The normalized spacial score (nSPS) is 14.3. The number of benzene rings is 1. The Labute approximate surface area is 107 Å². The minimum absolute atomic E-state index is 0.134. The summed E-state index contributed by atoms with van der Waals surface area (Å²) in [5, 5.41) is 0.709. The van der Waals surface area contributed by atoms with E-state index in [0.29, 0.717) is 17.2 Å². The van der Waals surface area contributed by atoms with Crippen molar-refractivity contribution >= 4 is 17.4 Å². The van der Waals surface area contributed by atoms with Gasteiger partial charge in [0.05, 0.1) is 12.1 Å². The fourth-order valence-corrected chi connectivity index (χ4v) is 2.93. The quantitative estimate of drug-likeness (QED) is 0.825. The van der Waals surface area contributed by atoms with Gasteiger partial charge in [-0.15, -0.1) is 0 Å². The molecule has 17 heavy (non-hydrogen) atoms. The first-order chi connectivity index (χ1) is 8.13. The monoisotopic (exact) mass is 252 g/mol. The van der Waals surface area contributed by atoms with Crippen LogP contribution in [-0.4, -0.2) is 12.9 Å². The van der Waals surface area contributed by atoms with Gasteiger partial charge in [-0.3, -0.25) is 4.79 Å². The van der Waals surface area contributed by atoms with E-state index in [2.05, 4.69) is 6.07 Å². The second kappa shape index (κ2) is 5.09. The molecule has 0 saturated heterocycles. The topological polar surface area (TPSA) is 26.3 Å². The maximum Gasteiger partial charge on any atom is 0.141 e. The number of halogens is 1. The van der Waals surface area contributed by atoms with Crippen molar-refractivity contribution in [3.05, 3.63) is 27.8 Å². The van der Waals surface area contributed by atoms with Crippen molar-refractivity contribution in [2.75, 3.05) is 7.11 Å². The highest BCUT2D eigenvalue weighted by atomic mass is 35.5. The Kier molecular flexibility index (Phi) is 3.72. The van der Waals surface area contributed by atoms with Gasteiger partial charge in [0.25, 0.3) is 0 Å². The summed E-state index contributed by atoms with van der Waals surface area (Å²) < 4.78 is 5.36. The summed E-state index contributed by atoms with van der Waals surface area (Å²) in [4.78, 5) is 11.3. The summed E-state index contributed by atoms with van der Waals surface area (Å²) in [5.41, 5.74) is 3.42. The van der Waals surface area contributed by atoms with Crippen molar-refractivity contribution in [3.63, 3.8) is 0 Å². The maximum absolute atomic E-state index is 11.3. The highest BCUT2D eigenvalue weighted by molar-refractivity contribution is 6.33. The first-order valence-corrected chi connectivity index (χ1v) is 6.38. The minimum Gasteiger partial charge on any atom is -0.495 e. The molecule has 1 aromatic rings. The standard InChI is InChI=1S/C14H17ClO2/c1-9(16)7-11-8-10-5-3-4-6-12(10)13(15)14(11)17-2/h8H,3-7H2,1-2H3. The third-order valence-electron chi connectivity index (χ3n) is 3.26. The van der Waals surface area contributed by atoms with Gasteiger partial charge >= 0.3 is 0 Å². The SMILES string of the molecule is COc1c(CC(C)=O)cc2c(c1Cl)CCCC2. The van der Waals surface area contributed by atoms with Crippen LogP contribution in [0.25, 0.3) is 0 Å². The number of rotatable bonds is 3. The molecule has 1 aromatic carbocycles. The zero-order valence-corrected chi connectivity index (χ0v) is 11.1. The van der Waals surface area contributed by atoms with Crippen LogP contribution < -0.4 is 4.74 Å². The molecule has 0 bridgehead atoms. The molecule has 2 rings (SSSR count). The van der Waals surface area contributed by atoms with Gasteiger partial charge in [-0.1, -0.05) is 17.7 Å². The highest BCUT2D eigenvalue weighted by Crippen LogP contribution is 2.38. The molecule has 0 unspecified atom stereocenters. The number of ketones is 1. The van der Waals surface area contributed by atoms with E-state index in [1.165, 1.54) is 24.0 Å².